The van der Waals surface area contributed by atoms with Crippen molar-refractivity contribution in [1.82, 2.24) is 9.55 Å². The SMILES string of the molecule is C=Cc1nccn1CC(C)(C)CCCCC. The van der Waals surface area contributed by atoms with Crippen LogP contribution in [-0.2, 0) is 6.54 Å². The zero-order valence-corrected chi connectivity index (χ0v) is 10.9. The summed E-state index contributed by atoms with van der Waals surface area (Å²) in [6, 6.07) is 0. The van der Waals surface area contributed by atoms with E-state index >= 15 is 0 Å². The van der Waals surface area contributed by atoms with E-state index in [1.54, 1.807) is 0 Å². The molecular formula is C14H24N2. The second-order valence-corrected chi connectivity index (χ2v) is 5.24. The Morgan fingerprint density at radius 1 is 1.44 bits per heavy atom. The third kappa shape index (κ3) is 3.84. The highest BCUT2D eigenvalue weighted by Crippen LogP contribution is 2.26. The Morgan fingerprint density at radius 3 is 2.81 bits per heavy atom. The average molecular weight is 220 g/mol. The largest absolute Gasteiger partial charge is 0.331 e. The lowest BCUT2D eigenvalue weighted by atomic mass is 9.87. The summed E-state index contributed by atoms with van der Waals surface area (Å²) in [6.07, 6.45) is 10.9. The Morgan fingerprint density at radius 2 is 2.19 bits per heavy atom. The van der Waals surface area contributed by atoms with Crippen molar-refractivity contribution >= 4 is 6.08 Å². The molecule has 0 aromatic carbocycles. The van der Waals surface area contributed by atoms with E-state index in [4.69, 9.17) is 0 Å². The van der Waals surface area contributed by atoms with Crippen molar-refractivity contribution in [2.45, 2.75) is 53.0 Å². The molecule has 1 aromatic rings. The van der Waals surface area contributed by atoms with Gasteiger partial charge in [-0.1, -0.05) is 46.6 Å². The van der Waals surface area contributed by atoms with E-state index in [-0.39, 0.29) is 0 Å². The molecule has 0 saturated heterocycles. The van der Waals surface area contributed by atoms with Crippen LogP contribution >= 0.6 is 0 Å². The summed E-state index contributed by atoms with van der Waals surface area (Å²) in [6.45, 7) is 11.7. The minimum absolute atomic E-state index is 0.341. The van der Waals surface area contributed by atoms with Crippen LogP contribution in [0.15, 0.2) is 19.0 Å². The zero-order valence-electron chi connectivity index (χ0n) is 10.9. The number of hydrogen-bond donors (Lipinski definition) is 0. The molecule has 2 heteroatoms. The fourth-order valence-corrected chi connectivity index (χ4v) is 2.04. The van der Waals surface area contributed by atoms with Crippen molar-refractivity contribution in [3.05, 3.63) is 24.8 Å². The maximum Gasteiger partial charge on any atom is 0.131 e. The number of rotatable bonds is 7. The minimum atomic E-state index is 0.341. The first kappa shape index (κ1) is 13.0. The Bertz CT molecular complexity index is 323. The van der Waals surface area contributed by atoms with Gasteiger partial charge in [-0.15, -0.1) is 0 Å². The molecule has 0 aliphatic heterocycles. The molecule has 0 bridgehead atoms. The third-order valence-electron chi connectivity index (χ3n) is 2.99. The van der Waals surface area contributed by atoms with Gasteiger partial charge < -0.3 is 4.57 Å². The van der Waals surface area contributed by atoms with Crippen molar-refractivity contribution in [2.75, 3.05) is 0 Å². The van der Waals surface area contributed by atoms with Gasteiger partial charge >= 0.3 is 0 Å². The van der Waals surface area contributed by atoms with E-state index in [1.807, 2.05) is 18.5 Å². The van der Waals surface area contributed by atoms with Gasteiger partial charge in [0.05, 0.1) is 0 Å². The maximum atomic E-state index is 4.26. The lowest BCUT2D eigenvalue weighted by molar-refractivity contribution is 0.271. The Hall–Kier alpha value is -1.05. The van der Waals surface area contributed by atoms with Crippen LogP contribution in [0.5, 0.6) is 0 Å². The van der Waals surface area contributed by atoms with Gasteiger partial charge in [0.15, 0.2) is 0 Å². The molecule has 1 aromatic heterocycles. The maximum absolute atomic E-state index is 4.26. The van der Waals surface area contributed by atoms with E-state index < -0.39 is 0 Å². The highest BCUT2D eigenvalue weighted by atomic mass is 15.1. The topological polar surface area (TPSA) is 17.8 Å². The predicted molar refractivity (Wildman–Crippen MR) is 70.2 cm³/mol. The molecule has 0 aliphatic rings. The lowest BCUT2D eigenvalue weighted by Gasteiger charge is -2.25. The van der Waals surface area contributed by atoms with Crippen LogP contribution in [0, 0.1) is 5.41 Å². The van der Waals surface area contributed by atoms with Crippen LogP contribution in [0.1, 0.15) is 52.3 Å². The molecular weight excluding hydrogens is 196 g/mol. The standard InChI is InChI=1S/C14H24N2/c1-5-7-8-9-14(3,4)12-16-11-10-15-13(16)6-2/h6,10-11H,2,5,7-9,12H2,1,3-4H3. The van der Waals surface area contributed by atoms with Gasteiger partial charge in [-0.05, 0) is 17.9 Å². The quantitative estimate of drug-likeness (QED) is 0.632. The first-order valence-electron chi connectivity index (χ1n) is 6.22. The molecule has 0 atom stereocenters. The minimum Gasteiger partial charge on any atom is -0.331 e. The summed E-state index contributed by atoms with van der Waals surface area (Å²) in [5, 5.41) is 0. The first-order valence-corrected chi connectivity index (χ1v) is 6.22. The summed E-state index contributed by atoms with van der Waals surface area (Å²) in [7, 11) is 0. The van der Waals surface area contributed by atoms with Gasteiger partial charge in [-0.25, -0.2) is 4.98 Å². The van der Waals surface area contributed by atoms with Gasteiger partial charge in [0.2, 0.25) is 0 Å². The van der Waals surface area contributed by atoms with E-state index in [9.17, 15) is 0 Å². The third-order valence-corrected chi connectivity index (χ3v) is 2.99. The Balaban J connectivity index is 2.54. The molecule has 1 rings (SSSR count). The summed E-state index contributed by atoms with van der Waals surface area (Å²) >= 11 is 0. The highest BCUT2D eigenvalue weighted by molar-refractivity contribution is 5.36. The number of aromatic nitrogens is 2. The molecule has 0 radical (unpaired) electrons. The molecule has 0 unspecified atom stereocenters. The van der Waals surface area contributed by atoms with E-state index in [1.165, 1.54) is 25.7 Å². The molecule has 0 aliphatic carbocycles. The van der Waals surface area contributed by atoms with Crippen LogP contribution in [0.4, 0.5) is 0 Å². The number of hydrogen-bond acceptors (Lipinski definition) is 1. The molecule has 2 nitrogen and oxygen atoms in total. The second-order valence-electron chi connectivity index (χ2n) is 5.24. The lowest BCUT2D eigenvalue weighted by Crippen LogP contribution is -2.20. The van der Waals surface area contributed by atoms with Crippen molar-refractivity contribution < 1.29 is 0 Å². The number of unbranched alkanes of at least 4 members (excludes halogenated alkanes) is 2. The summed E-state index contributed by atoms with van der Waals surface area (Å²) in [4.78, 5) is 4.26. The van der Waals surface area contributed by atoms with E-state index in [2.05, 4.69) is 36.9 Å². The number of imidazole rings is 1. The van der Waals surface area contributed by atoms with Crippen LogP contribution in [0.3, 0.4) is 0 Å². The van der Waals surface area contributed by atoms with Gasteiger partial charge in [-0.3, -0.25) is 0 Å². The summed E-state index contributed by atoms with van der Waals surface area (Å²) in [5.41, 5.74) is 0.341. The fraction of sp³-hybridized carbons (Fsp3) is 0.643. The Labute approximate surface area is 99.4 Å². The van der Waals surface area contributed by atoms with Crippen molar-refractivity contribution in [2.24, 2.45) is 5.41 Å². The zero-order chi connectivity index (χ0) is 12.0. The molecule has 0 N–H and O–H groups in total. The first-order chi connectivity index (χ1) is 7.59. The fourth-order valence-electron chi connectivity index (χ4n) is 2.04. The summed E-state index contributed by atoms with van der Waals surface area (Å²) in [5.74, 6) is 0.976. The van der Waals surface area contributed by atoms with Crippen molar-refractivity contribution in [3.63, 3.8) is 0 Å². The molecule has 0 amide bonds. The second kappa shape index (κ2) is 5.88. The summed E-state index contributed by atoms with van der Waals surface area (Å²) < 4.78 is 2.19. The molecule has 0 fully saturated rings. The molecule has 0 spiro atoms. The van der Waals surface area contributed by atoms with E-state index in [0.29, 0.717) is 5.41 Å². The Kier molecular flexibility index (Phi) is 4.78. The van der Waals surface area contributed by atoms with Crippen molar-refractivity contribution in [1.29, 1.82) is 0 Å². The monoisotopic (exact) mass is 220 g/mol. The van der Waals surface area contributed by atoms with Gasteiger partial charge in [0.25, 0.3) is 0 Å². The smallest absolute Gasteiger partial charge is 0.131 e. The van der Waals surface area contributed by atoms with Gasteiger partial charge in [0, 0.05) is 18.9 Å². The van der Waals surface area contributed by atoms with Crippen molar-refractivity contribution in [3.8, 4) is 0 Å². The molecule has 16 heavy (non-hydrogen) atoms. The number of nitrogens with zero attached hydrogens (tertiary/aromatic N) is 2. The molecule has 1 heterocycles. The predicted octanol–water partition coefficient (Wildman–Crippen LogP) is 4.13. The normalized spacial score (nSPS) is 11.7. The van der Waals surface area contributed by atoms with Crippen LogP contribution < -0.4 is 0 Å². The van der Waals surface area contributed by atoms with Gasteiger partial charge in [0.1, 0.15) is 5.82 Å². The average Bonchev–Trinajstić information content (AvgIpc) is 2.64. The molecule has 0 saturated carbocycles. The van der Waals surface area contributed by atoms with Gasteiger partial charge in [-0.2, -0.15) is 0 Å². The van der Waals surface area contributed by atoms with E-state index in [0.717, 1.165) is 12.4 Å². The van der Waals surface area contributed by atoms with Crippen LogP contribution in [0.2, 0.25) is 0 Å². The molecule has 90 valence electrons. The highest BCUT2D eigenvalue weighted by Gasteiger charge is 2.18. The van der Waals surface area contributed by atoms with Crippen LogP contribution in [0.25, 0.3) is 6.08 Å². The van der Waals surface area contributed by atoms with Crippen LogP contribution in [-0.4, -0.2) is 9.55 Å².